The van der Waals surface area contributed by atoms with Crippen molar-refractivity contribution in [1.29, 1.82) is 0 Å². The van der Waals surface area contributed by atoms with Crippen molar-refractivity contribution in [3.8, 4) is 0 Å². The summed E-state index contributed by atoms with van der Waals surface area (Å²) in [6.07, 6.45) is 1.56. The van der Waals surface area contributed by atoms with Crippen LogP contribution in [-0.2, 0) is 16.0 Å². The monoisotopic (exact) mass is 382 g/mol. The predicted molar refractivity (Wildman–Crippen MR) is 103 cm³/mol. The second-order valence-corrected chi connectivity index (χ2v) is 8.53. The Bertz CT molecular complexity index is 615. The summed E-state index contributed by atoms with van der Waals surface area (Å²) in [5.41, 5.74) is 0.540. The van der Waals surface area contributed by atoms with Crippen molar-refractivity contribution in [2.45, 2.75) is 58.7 Å². The fourth-order valence-corrected chi connectivity index (χ4v) is 3.86. The van der Waals surface area contributed by atoms with E-state index < -0.39 is 5.60 Å². The van der Waals surface area contributed by atoms with Gasteiger partial charge in [0.05, 0.1) is 6.61 Å². The van der Waals surface area contributed by atoms with Crippen LogP contribution in [0, 0.1) is 0 Å². The molecule has 2 heterocycles. The molecule has 0 radical (unpaired) electrons. The summed E-state index contributed by atoms with van der Waals surface area (Å²) in [6.45, 7) is 9.93. The topological polar surface area (TPSA) is 59.1 Å². The molecule has 26 heavy (non-hydrogen) atoms. The van der Waals surface area contributed by atoms with Gasteiger partial charge in [-0.1, -0.05) is 0 Å². The average Bonchev–Trinajstić information content (AvgIpc) is 3.02. The third-order valence-corrected chi connectivity index (χ3v) is 5.30. The number of amides is 1. The Morgan fingerprint density at radius 1 is 1.31 bits per heavy atom. The molecule has 1 aliphatic heterocycles. The summed E-state index contributed by atoms with van der Waals surface area (Å²) < 4.78 is 10.6. The maximum absolute atomic E-state index is 12.2. The van der Waals surface area contributed by atoms with E-state index in [0.29, 0.717) is 37.2 Å². The van der Waals surface area contributed by atoms with Crippen LogP contribution in [0.4, 0.5) is 4.79 Å². The molecular weight excluding hydrogens is 352 g/mol. The number of carbonyl (C=O) groups excluding carboxylic acids is 2. The van der Waals surface area contributed by atoms with E-state index in [-0.39, 0.29) is 12.1 Å². The van der Waals surface area contributed by atoms with Gasteiger partial charge in [0, 0.05) is 25.7 Å². The van der Waals surface area contributed by atoms with Gasteiger partial charge < -0.3 is 14.4 Å². The molecule has 0 unspecified atom stereocenters. The van der Waals surface area contributed by atoms with Crippen LogP contribution in [0.2, 0.25) is 0 Å². The first-order valence-electron chi connectivity index (χ1n) is 9.13. The summed E-state index contributed by atoms with van der Waals surface area (Å²) >= 11 is 1.43. The highest BCUT2D eigenvalue weighted by molar-refractivity contribution is 7.12. The van der Waals surface area contributed by atoms with Crippen LogP contribution in [0.1, 0.15) is 55.8 Å². The molecular formula is C19H30N2O4S. The first-order valence-corrected chi connectivity index (χ1v) is 10.0. The van der Waals surface area contributed by atoms with Crippen molar-refractivity contribution in [2.24, 2.45) is 0 Å². The van der Waals surface area contributed by atoms with Gasteiger partial charge in [-0.25, -0.2) is 9.59 Å². The van der Waals surface area contributed by atoms with Crippen LogP contribution in [-0.4, -0.2) is 60.2 Å². The lowest BCUT2D eigenvalue weighted by molar-refractivity contribution is 0.0152. The van der Waals surface area contributed by atoms with Gasteiger partial charge in [-0.3, -0.25) is 4.90 Å². The highest BCUT2D eigenvalue weighted by Gasteiger charge is 2.29. The van der Waals surface area contributed by atoms with Crippen LogP contribution in [0.15, 0.2) is 11.4 Å². The van der Waals surface area contributed by atoms with Gasteiger partial charge in [0.15, 0.2) is 0 Å². The number of ether oxygens (including phenoxy) is 2. The second-order valence-electron chi connectivity index (χ2n) is 7.61. The van der Waals surface area contributed by atoms with E-state index in [9.17, 15) is 9.59 Å². The quantitative estimate of drug-likeness (QED) is 0.726. The van der Waals surface area contributed by atoms with Gasteiger partial charge >= 0.3 is 12.1 Å². The lowest BCUT2D eigenvalue weighted by Gasteiger charge is -2.37. The van der Waals surface area contributed by atoms with Gasteiger partial charge in [-0.15, -0.1) is 11.3 Å². The predicted octanol–water partition coefficient (Wildman–Crippen LogP) is 3.76. The Labute approximate surface area is 160 Å². The summed E-state index contributed by atoms with van der Waals surface area (Å²) in [7, 11) is 2.07. The zero-order valence-corrected chi connectivity index (χ0v) is 17.2. The van der Waals surface area contributed by atoms with E-state index in [1.54, 1.807) is 4.90 Å². The van der Waals surface area contributed by atoms with Crippen LogP contribution in [0.5, 0.6) is 0 Å². The smallest absolute Gasteiger partial charge is 0.410 e. The third-order valence-electron chi connectivity index (χ3n) is 4.37. The van der Waals surface area contributed by atoms with E-state index in [2.05, 4.69) is 11.9 Å². The molecule has 0 N–H and O–H groups in total. The molecule has 1 saturated heterocycles. The minimum absolute atomic E-state index is 0.235. The number of carbonyl (C=O) groups is 2. The van der Waals surface area contributed by atoms with Gasteiger partial charge in [0.25, 0.3) is 0 Å². The van der Waals surface area contributed by atoms with Crippen molar-refractivity contribution >= 4 is 23.4 Å². The Hall–Kier alpha value is -1.60. The molecule has 0 aromatic carbocycles. The third kappa shape index (κ3) is 5.71. The molecule has 1 aliphatic rings. The molecule has 1 amide bonds. The molecule has 2 rings (SSSR count). The minimum atomic E-state index is -0.465. The van der Waals surface area contributed by atoms with Crippen LogP contribution >= 0.6 is 11.3 Å². The number of piperidine rings is 1. The Balaban J connectivity index is 1.87. The molecule has 0 spiro atoms. The van der Waals surface area contributed by atoms with Gasteiger partial charge in [-0.05, 0) is 64.6 Å². The Kier molecular flexibility index (Phi) is 7.06. The zero-order valence-electron chi connectivity index (χ0n) is 16.4. The Morgan fingerprint density at radius 3 is 2.54 bits per heavy atom. The number of hydrogen-bond donors (Lipinski definition) is 0. The standard InChI is InChI=1S/C19H30N2O4S/c1-6-24-17(22)16-14(9-12-26-16)13-20(5)15-7-10-21(11-8-15)18(23)25-19(2,3)4/h9,12,15H,6-8,10-11,13H2,1-5H3. The second kappa shape index (κ2) is 8.86. The lowest BCUT2D eigenvalue weighted by atomic mass is 10.0. The summed E-state index contributed by atoms with van der Waals surface area (Å²) in [4.78, 5) is 28.9. The molecule has 0 aliphatic carbocycles. The molecule has 0 atom stereocenters. The van der Waals surface area contributed by atoms with Crippen molar-refractivity contribution in [2.75, 3.05) is 26.7 Å². The molecule has 6 nitrogen and oxygen atoms in total. The SMILES string of the molecule is CCOC(=O)c1sccc1CN(C)C1CCN(C(=O)OC(C)(C)C)CC1. The number of thiophene rings is 1. The number of esters is 1. The number of nitrogens with zero attached hydrogens (tertiary/aromatic N) is 2. The van der Waals surface area contributed by atoms with E-state index in [0.717, 1.165) is 18.4 Å². The number of rotatable bonds is 5. The van der Waals surface area contributed by atoms with E-state index in [1.165, 1.54) is 11.3 Å². The summed E-state index contributed by atoms with van der Waals surface area (Å²) in [5, 5.41) is 1.93. The highest BCUT2D eigenvalue weighted by atomic mass is 32.1. The fraction of sp³-hybridized carbons (Fsp3) is 0.684. The maximum Gasteiger partial charge on any atom is 0.410 e. The van der Waals surface area contributed by atoms with Crippen LogP contribution in [0.25, 0.3) is 0 Å². The molecule has 7 heteroatoms. The van der Waals surface area contributed by atoms with Gasteiger partial charge in [-0.2, -0.15) is 0 Å². The molecule has 0 saturated carbocycles. The molecule has 146 valence electrons. The van der Waals surface area contributed by atoms with Crippen LogP contribution < -0.4 is 0 Å². The summed E-state index contributed by atoms with van der Waals surface area (Å²) in [5.74, 6) is -0.245. The van der Waals surface area contributed by atoms with Crippen molar-refractivity contribution < 1.29 is 19.1 Å². The van der Waals surface area contributed by atoms with E-state index >= 15 is 0 Å². The Morgan fingerprint density at radius 2 is 1.96 bits per heavy atom. The number of likely N-dealkylation sites (tertiary alicyclic amines) is 1. The molecule has 0 bridgehead atoms. The highest BCUT2D eigenvalue weighted by Crippen LogP contribution is 2.23. The zero-order chi connectivity index (χ0) is 19.3. The van der Waals surface area contributed by atoms with E-state index in [1.807, 2.05) is 39.1 Å². The normalized spacial score (nSPS) is 16.0. The minimum Gasteiger partial charge on any atom is -0.462 e. The molecule has 1 aromatic rings. The number of hydrogen-bond acceptors (Lipinski definition) is 6. The maximum atomic E-state index is 12.2. The first-order chi connectivity index (χ1) is 12.2. The van der Waals surface area contributed by atoms with Crippen molar-refractivity contribution in [3.05, 3.63) is 21.9 Å². The molecule has 1 aromatic heterocycles. The molecule has 1 fully saturated rings. The van der Waals surface area contributed by atoms with Crippen LogP contribution in [0.3, 0.4) is 0 Å². The summed E-state index contributed by atoms with van der Waals surface area (Å²) in [6, 6.07) is 2.37. The van der Waals surface area contributed by atoms with Gasteiger partial charge in [0.2, 0.25) is 0 Å². The first kappa shape index (κ1) is 20.7. The fourth-order valence-electron chi connectivity index (χ4n) is 3.05. The largest absolute Gasteiger partial charge is 0.462 e. The lowest BCUT2D eigenvalue weighted by Crippen LogP contribution is -2.46. The van der Waals surface area contributed by atoms with Crippen molar-refractivity contribution in [3.63, 3.8) is 0 Å². The average molecular weight is 383 g/mol. The van der Waals surface area contributed by atoms with E-state index in [4.69, 9.17) is 9.47 Å². The van der Waals surface area contributed by atoms with Gasteiger partial charge in [0.1, 0.15) is 10.5 Å². The van der Waals surface area contributed by atoms with Crippen molar-refractivity contribution in [1.82, 2.24) is 9.80 Å².